The van der Waals surface area contributed by atoms with E-state index in [0.29, 0.717) is 5.56 Å². The predicted molar refractivity (Wildman–Crippen MR) is 67.4 cm³/mol. The zero-order valence-corrected chi connectivity index (χ0v) is 8.36. The lowest BCUT2D eigenvalue weighted by atomic mass is 9.81. The second-order valence-electron chi connectivity index (χ2n) is 2.78. The minimum atomic E-state index is -2.07. The van der Waals surface area contributed by atoms with E-state index in [9.17, 15) is 0 Å². The summed E-state index contributed by atoms with van der Waals surface area (Å²) in [5, 5.41) is 17.6. The van der Waals surface area contributed by atoms with Crippen molar-refractivity contribution >= 4 is 12.6 Å². The van der Waals surface area contributed by atoms with E-state index < -0.39 is 49.6 Å². The summed E-state index contributed by atoms with van der Waals surface area (Å²) in [5.41, 5.74) is -0.106. The van der Waals surface area contributed by atoms with Crippen molar-refractivity contribution in [1.82, 2.24) is 0 Å². The zero-order valence-electron chi connectivity index (χ0n) is 16.4. The van der Waals surface area contributed by atoms with Crippen LogP contribution in [0.1, 0.15) is 16.5 Å². The average molecular weight is 222 g/mol. The van der Waals surface area contributed by atoms with E-state index in [4.69, 9.17) is 21.0 Å². The molecule has 2 aromatic rings. The molecule has 0 amide bonds. The van der Waals surface area contributed by atoms with Crippen LogP contribution in [0.4, 0.5) is 0 Å². The van der Waals surface area contributed by atoms with Crippen LogP contribution in [0.25, 0.3) is 0 Å². The maximum atomic E-state index is 8.81. The number of rotatable bonds is 1. The molecule has 2 aromatic carbocycles. The first kappa shape index (κ1) is 5.17. The van der Waals surface area contributed by atoms with Crippen LogP contribution in [0, 0.1) is 6.85 Å². The fourth-order valence-electron chi connectivity index (χ4n) is 0.827. The third-order valence-electron chi connectivity index (χ3n) is 1.55. The molecule has 0 aliphatic rings. The van der Waals surface area contributed by atoms with E-state index in [-0.39, 0.29) is 0 Å². The first-order valence-electron chi connectivity index (χ1n) is 8.47. The van der Waals surface area contributed by atoms with E-state index in [1.807, 2.05) is 0 Å². The van der Waals surface area contributed by atoms with Gasteiger partial charge in [0, 0.05) is 4.11 Å². The van der Waals surface area contributed by atoms with Crippen LogP contribution >= 0.6 is 0 Å². The topological polar surface area (TPSA) is 40.5 Å². The molecule has 0 spiro atoms. The lowest BCUT2D eigenvalue weighted by Crippen LogP contribution is -2.29. The second-order valence-corrected chi connectivity index (χ2v) is 2.78. The van der Waals surface area contributed by atoms with Crippen molar-refractivity contribution in [2.75, 3.05) is 0 Å². The fourth-order valence-corrected chi connectivity index (χ4v) is 0.827. The van der Waals surface area contributed by atoms with Gasteiger partial charge in [0.05, 0.1) is 6.85 Å². The molecule has 0 unspecified atom stereocenters. The Bertz CT molecular complexity index is 674. The Balaban J connectivity index is 0.000000254. The summed E-state index contributed by atoms with van der Waals surface area (Å²) in [4.78, 5) is 0. The average Bonchev–Trinajstić information content (AvgIpc) is 2.51. The van der Waals surface area contributed by atoms with E-state index in [1.54, 1.807) is 30.3 Å². The molecule has 2 nitrogen and oxygen atoms in total. The van der Waals surface area contributed by atoms with Crippen LogP contribution in [-0.2, 0) is 0 Å². The molecular weight excluding hydrogens is 199 g/mol. The molecule has 82 valence electrons. The van der Waals surface area contributed by atoms with Crippen LogP contribution in [-0.4, -0.2) is 17.2 Å². The maximum Gasteiger partial charge on any atom is 0.488 e. The Morgan fingerprint density at radius 3 is 2.12 bits per heavy atom. The van der Waals surface area contributed by atoms with Crippen molar-refractivity contribution in [3.05, 3.63) is 66.1 Å². The highest BCUT2D eigenvalue weighted by molar-refractivity contribution is 6.58. The molecule has 0 bridgehead atoms. The molecule has 0 aliphatic carbocycles. The van der Waals surface area contributed by atoms with Gasteiger partial charge in [0.1, 0.15) is 0 Å². The third-order valence-corrected chi connectivity index (χ3v) is 1.55. The van der Waals surface area contributed by atoms with Gasteiger partial charge in [-0.15, -0.1) is 0 Å². The smallest absolute Gasteiger partial charge is 0.423 e. The molecule has 0 saturated heterocycles. The number of hydrogen-bond acceptors (Lipinski definition) is 2. The highest BCUT2D eigenvalue weighted by atomic mass is 16.4. The summed E-state index contributed by atoms with van der Waals surface area (Å²) in [6.45, 7) is -1.96. The first-order valence-corrected chi connectivity index (χ1v) is 4.47. The molecule has 0 aliphatic heterocycles. The van der Waals surface area contributed by atoms with Gasteiger partial charge in [0.2, 0.25) is 0 Å². The van der Waals surface area contributed by atoms with Crippen LogP contribution in [0.5, 0.6) is 0 Å². The molecule has 2 N–H and O–H groups in total. The van der Waals surface area contributed by atoms with Crippen molar-refractivity contribution in [2.24, 2.45) is 0 Å². The lowest BCUT2D eigenvalue weighted by Gasteiger charge is -1.94. The molecule has 0 atom stereocenters. The summed E-state index contributed by atoms with van der Waals surface area (Å²) < 4.78 is 57.2. The van der Waals surface area contributed by atoms with E-state index >= 15 is 0 Å². The zero-order chi connectivity index (χ0) is 18.7. The summed E-state index contributed by atoms with van der Waals surface area (Å²) in [5.74, 6) is 0. The highest BCUT2D eigenvalue weighted by Crippen LogP contribution is 1.92. The summed E-state index contributed by atoms with van der Waals surface area (Å²) >= 11 is 0. The van der Waals surface area contributed by atoms with Crippen LogP contribution in [0.2, 0.25) is 0 Å². The largest absolute Gasteiger partial charge is 0.488 e. The van der Waals surface area contributed by atoms with Gasteiger partial charge in [-0.2, -0.15) is 0 Å². The van der Waals surface area contributed by atoms with Crippen molar-refractivity contribution in [3.63, 3.8) is 0 Å². The van der Waals surface area contributed by atoms with Crippen molar-refractivity contribution < 1.29 is 21.0 Å². The molecule has 0 saturated carbocycles. The van der Waals surface area contributed by atoms with Gasteiger partial charge in [-0.1, -0.05) is 66.1 Å². The normalized spacial score (nSPS) is 16.9. The van der Waals surface area contributed by atoms with Gasteiger partial charge in [0.25, 0.3) is 0 Å². The highest BCUT2D eigenvalue weighted by Gasteiger charge is 2.07. The third kappa shape index (κ3) is 4.78. The monoisotopic (exact) mass is 222 g/mol. The number of aryl methyl sites for hydroxylation is 1. The van der Waals surface area contributed by atoms with E-state index in [0.717, 1.165) is 0 Å². The molecule has 16 heavy (non-hydrogen) atoms. The molecule has 0 heterocycles. The fraction of sp³-hybridized carbons (Fsp3) is 0.0769. The molecule has 3 heteroatoms. The molecule has 2 rings (SSSR count). The van der Waals surface area contributed by atoms with Crippen LogP contribution in [0.3, 0.4) is 0 Å². The summed E-state index contributed by atoms with van der Waals surface area (Å²) in [6, 6.07) is 5.57. The van der Waals surface area contributed by atoms with Crippen LogP contribution in [0.15, 0.2) is 60.5 Å². The van der Waals surface area contributed by atoms with Crippen molar-refractivity contribution in [2.45, 2.75) is 6.85 Å². The molecular formula is C13H15BO2. The van der Waals surface area contributed by atoms with Gasteiger partial charge in [-0.05, 0) is 12.3 Å². The van der Waals surface area contributed by atoms with Gasteiger partial charge in [-0.3, -0.25) is 0 Å². The lowest BCUT2D eigenvalue weighted by molar-refractivity contribution is 0.426. The van der Waals surface area contributed by atoms with Gasteiger partial charge in [0.15, 0.2) is 0 Å². The maximum absolute atomic E-state index is 8.81. The Morgan fingerprint density at radius 2 is 1.69 bits per heavy atom. The van der Waals surface area contributed by atoms with Gasteiger partial charge < -0.3 is 10.0 Å². The van der Waals surface area contributed by atoms with Crippen LogP contribution < -0.4 is 5.46 Å². The van der Waals surface area contributed by atoms with Crippen molar-refractivity contribution in [3.8, 4) is 0 Å². The minimum absolute atomic E-state index is 0.398. The minimum Gasteiger partial charge on any atom is -0.423 e. The Kier molecular flexibility index (Phi) is 2.21. The van der Waals surface area contributed by atoms with Gasteiger partial charge >= 0.3 is 7.12 Å². The number of benzene rings is 2. The summed E-state index contributed by atoms with van der Waals surface area (Å²) in [7, 11) is -2.07. The Labute approximate surface area is 108 Å². The summed E-state index contributed by atoms with van der Waals surface area (Å²) in [6.07, 6.45) is 0. The molecule has 0 radical (unpaired) electrons. The van der Waals surface area contributed by atoms with Gasteiger partial charge in [-0.25, -0.2) is 0 Å². The predicted octanol–water partition coefficient (Wildman–Crippen LogP) is 1.36. The molecule has 0 aromatic heterocycles. The Hall–Kier alpha value is -1.58. The van der Waals surface area contributed by atoms with Crippen molar-refractivity contribution in [1.29, 1.82) is 0 Å². The number of hydrogen-bond donors (Lipinski definition) is 2. The quantitative estimate of drug-likeness (QED) is 0.715. The Morgan fingerprint density at radius 1 is 1.06 bits per heavy atom. The second kappa shape index (κ2) is 6.83. The SMILES string of the molecule is [2H]C([2H])([2H])c1ccccc1.[2H]c1c([2H])c([2H])c(B(O)O)c([2H])c1[2H]. The standard InChI is InChI=1S/C7H8.C6H7BO2/c1-7-5-3-2-4-6-7;8-7(9)6-4-2-1-3-5-6/h2-6H,1H3;1-5,8-9H/i1D3;1D,2D,3D,4D,5D. The molecule has 0 fully saturated rings. The van der Waals surface area contributed by atoms with E-state index in [1.165, 1.54) is 0 Å². The van der Waals surface area contributed by atoms with E-state index in [2.05, 4.69) is 0 Å². The first-order chi connectivity index (χ1) is 11.0.